The number of rotatable bonds is 3. The molecule has 1 aliphatic heterocycles. The van der Waals surface area contributed by atoms with Crippen molar-refractivity contribution in [2.75, 3.05) is 29.9 Å². The second-order valence-electron chi connectivity index (χ2n) is 5.57. The molecule has 0 unspecified atom stereocenters. The van der Waals surface area contributed by atoms with E-state index in [0.717, 1.165) is 22.3 Å². The van der Waals surface area contributed by atoms with E-state index in [1.165, 1.54) is 0 Å². The van der Waals surface area contributed by atoms with Crippen LogP contribution in [-0.2, 0) is 4.79 Å². The predicted molar refractivity (Wildman–Crippen MR) is 82.6 cm³/mol. The molecule has 1 amide bonds. The number of benzene rings is 1. The minimum atomic E-state index is -0.268. The fourth-order valence-corrected chi connectivity index (χ4v) is 2.96. The highest BCUT2D eigenvalue weighted by molar-refractivity contribution is 9.10. The minimum Gasteiger partial charge on any atom is -0.364 e. The van der Waals surface area contributed by atoms with Gasteiger partial charge in [0.25, 0.3) is 0 Å². The topological polar surface area (TPSA) is 49.6 Å². The number of amides is 1. The van der Waals surface area contributed by atoms with E-state index in [1.54, 1.807) is 0 Å². The second kappa shape index (κ2) is 5.13. The number of halogens is 1. The zero-order valence-electron chi connectivity index (χ0n) is 11.6. The van der Waals surface area contributed by atoms with Gasteiger partial charge in [-0.25, -0.2) is 0 Å². The van der Waals surface area contributed by atoms with Crippen LogP contribution < -0.4 is 15.5 Å². The number of nitrogens with two attached hydrogens (primary N) is 1. The molecular weight excluding hydrogens is 306 g/mol. The van der Waals surface area contributed by atoms with Crippen LogP contribution >= 0.6 is 15.9 Å². The number of carbonyl (C=O) groups excluding carboxylic acids is 1. The number of hydrogen-bond acceptors (Lipinski definition) is 3. The Kier molecular flexibility index (Phi) is 3.87. The van der Waals surface area contributed by atoms with Crippen molar-refractivity contribution in [3.05, 3.63) is 22.7 Å². The molecule has 1 heterocycles. The van der Waals surface area contributed by atoms with E-state index >= 15 is 0 Å². The van der Waals surface area contributed by atoms with Crippen LogP contribution in [0.2, 0.25) is 0 Å². The van der Waals surface area contributed by atoms with Crippen molar-refractivity contribution in [1.82, 2.24) is 0 Å². The molecule has 2 rings (SSSR count). The van der Waals surface area contributed by atoms with E-state index in [4.69, 9.17) is 5.73 Å². The zero-order chi connectivity index (χ0) is 14.2. The highest BCUT2D eigenvalue weighted by Crippen LogP contribution is 2.39. The van der Waals surface area contributed by atoms with Gasteiger partial charge in [-0.1, -0.05) is 15.9 Å². The average Bonchev–Trinajstić information content (AvgIpc) is 2.29. The largest absolute Gasteiger partial charge is 0.364 e. The number of anilines is 2. The summed E-state index contributed by atoms with van der Waals surface area (Å²) in [6, 6.07) is 6.01. The SMILES string of the molecule is CN1CC(=O)N(C(C)(C)CCN)c2ccc(Br)cc21. The van der Waals surface area contributed by atoms with Crippen LogP contribution in [0.5, 0.6) is 0 Å². The molecule has 1 aromatic rings. The van der Waals surface area contributed by atoms with Crippen molar-refractivity contribution < 1.29 is 4.79 Å². The van der Waals surface area contributed by atoms with E-state index in [-0.39, 0.29) is 11.4 Å². The Hall–Kier alpha value is -1.07. The third-order valence-corrected chi connectivity index (χ3v) is 4.07. The Morgan fingerprint density at radius 1 is 1.37 bits per heavy atom. The van der Waals surface area contributed by atoms with Crippen molar-refractivity contribution in [1.29, 1.82) is 0 Å². The summed E-state index contributed by atoms with van der Waals surface area (Å²) in [5.74, 6) is 0.121. The van der Waals surface area contributed by atoms with Crippen LogP contribution in [0.15, 0.2) is 22.7 Å². The van der Waals surface area contributed by atoms with Gasteiger partial charge in [-0.15, -0.1) is 0 Å². The molecule has 0 fully saturated rings. The van der Waals surface area contributed by atoms with Gasteiger partial charge in [0.1, 0.15) is 0 Å². The maximum Gasteiger partial charge on any atom is 0.247 e. The highest BCUT2D eigenvalue weighted by Gasteiger charge is 2.37. The fraction of sp³-hybridized carbons (Fsp3) is 0.500. The summed E-state index contributed by atoms with van der Waals surface area (Å²) in [4.78, 5) is 16.3. The average molecular weight is 326 g/mol. The van der Waals surface area contributed by atoms with Crippen LogP contribution in [0, 0.1) is 0 Å². The zero-order valence-corrected chi connectivity index (χ0v) is 13.2. The predicted octanol–water partition coefficient (Wildman–Crippen LogP) is 2.36. The smallest absolute Gasteiger partial charge is 0.247 e. The van der Waals surface area contributed by atoms with Crippen molar-refractivity contribution in [3.8, 4) is 0 Å². The lowest BCUT2D eigenvalue weighted by atomic mass is 9.95. The standard InChI is InChI=1S/C14H20BrN3O/c1-14(2,6-7-16)18-11-5-4-10(15)8-12(11)17(3)9-13(18)19/h4-5,8H,6-7,9,16H2,1-3H3. The van der Waals surface area contributed by atoms with Crippen LogP contribution in [0.1, 0.15) is 20.3 Å². The molecule has 1 aliphatic rings. The lowest BCUT2D eigenvalue weighted by Gasteiger charge is -2.44. The van der Waals surface area contributed by atoms with Gasteiger partial charge in [0.05, 0.1) is 17.9 Å². The van der Waals surface area contributed by atoms with Crippen LogP contribution in [0.4, 0.5) is 11.4 Å². The molecule has 0 saturated heterocycles. The summed E-state index contributed by atoms with van der Waals surface area (Å²) in [7, 11) is 1.94. The third-order valence-electron chi connectivity index (χ3n) is 3.57. The van der Waals surface area contributed by atoms with Gasteiger partial charge < -0.3 is 15.5 Å². The quantitative estimate of drug-likeness (QED) is 0.928. The Bertz CT molecular complexity index is 501. The molecule has 0 aliphatic carbocycles. The fourth-order valence-electron chi connectivity index (χ4n) is 2.61. The molecule has 19 heavy (non-hydrogen) atoms. The highest BCUT2D eigenvalue weighted by atomic mass is 79.9. The van der Waals surface area contributed by atoms with Crippen molar-refractivity contribution in [3.63, 3.8) is 0 Å². The summed E-state index contributed by atoms with van der Waals surface area (Å²) in [6.45, 7) is 5.10. The van der Waals surface area contributed by atoms with Gasteiger partial charge in [0, 0.05) is 17.1 Å². The first kappa shape index (κ1) is 14.3. The van der Waals surface area contributed by atoms with Crippen LogP contribution in [0.3, 0.4) is 0 Å². The van der Waals surface area contributed by atoms with E-state index in [9.17, 15) is 4.79 Å². The van der Waals surface area contributed by atoms with Crippen LogP contribution in [-0.4, -0.2) is 31.6 Å². The van der Waals surface area contributed by atoms with E-state index < -0.39 is 0 Å². The molecule has 5 heteroatoms. The summed E-state index contributed by atoms with van der Waals surface area (Å²) >= 11 is 3.48. The molecule has 0 bridgehead atoms. The Morgan fingerprint density at radius 2 is 2.05 bits per heavy atom. The van der Waals surface area contributed by atoms with Gasteiger partial charge in [-0.05, 0) is 45.0 Å². The molecule has 0 radical (unpaired) electrons. The van der Waals surface area contributed by atoms with E-state index in [0.29, 0.717) is 13.1 Å². The maximum absolute atomic E-state index is 12.4. The van der Waals surface area contributed by atoms with Crippen LogP contribution in [0.25, 0.3) is 0 Å². The number of fused-ring (bicyclic) bond motifs is 1. The van der Waals surface area contributed by atoms with Gasteiger partial charge in [-0.3, -0.25) is 4.79 Å². The van der Waals surface area contributed by atoms with E-state index in [2.05, 4.69) is 29.8 Å². The van der Waals surface area contributed by atoms with E-state index in [1.807, 2.05) is 35.0 Å². The Balaban J connectivity index is 2.51. The molecule has 0 saturated carbocycles. The van der Waals surface area contributed by atoms with Crippen molar-refractivity contribution >= 4 is 33.2 Å². The molecule has 2 N–H and O–H groups in total. The summed E-state index contributed by atoms with van der Waals surface area (Å²) in [6.07, 6.45) is 0.776. The molecule has 0 spiro atoms. The van der Waals surface area contributed by atoms with Crippen molar-refractivity contribution in [2.24, 2.45) is 5.73 Å². The number of carbonyl (C=O) groups is 1. The normalized spacial score (nSPS) is 15.7. The summed E-state index contributed by atoms with van der Waals surface area (Å²) in [5, 5.41) is 0. The van der Waals surface area contributed by atoms with Gasteiger partial charge in [0.15, 0.2) is 0 Å². The lowest BCUT2D eigenvalue weighted by Crippen LogP contribution is -2.55. The number of hydrogen-bond donors (Lipinski definition) is 1. The molecule has 0 atom stereocenters. The summed E-state index contributed by atoms with van der Waals surface area (Å²) in [5.41, 5.74) is 7.44. The first-order chi connectivity index (χ1) is 8.86. The molecule has 1 aromatic carbocycles. The molecule has 104 valence electrons. The Labute approximate surface area is 122 Å². The lowest BCUT2D eigenvalue weighted by molar-refractivity contribution is -0.118. The molecule has 0 aromatic heterocycles. The van der Waals surface area contributed by atoms with Crippen molar-refractivity contribution in [2.45, 2.75) is 25.8 Å². The first-order valence-corrected chi connectivity index (χ1v) is 7.20. The van der Waals surface area contributed by atoms with Gasteiger partial charge >= 0.3 is 0 Å². The maximum atomic E-state index is 12.4. The second-order valence-corrected chi connectivity index (χ2v) is 6.49. The summed E-state index contributed by atoms with van der Waals surface area (Å²) < 4.78 is 1.02. The Morgan fingerprint density at radius 3 is 2.68 bits per heavy atom. The number of likely N-dealkylation sites (N-methyl/N-ethyl adjacent to an activating group) is 1. The van der Waals surface area contributed by atoms with Gasteiger partial charge in [-0.2, -0.15) is 0 Å². The van der Waals surface area contributed by atoms with Gasteiger partial charge in [0.2, 0.25) is 5.91 Å². The minimum absolute atomic E-state index is 0.121. The number of nitrogens with zero attached hydrogens (tertiary/aromatic N) is 2. The monoisotopic (exact) mass is 325 g/mol. The first-order valence-electron chi connectivity index (χ1n) is 6.40. The third kappa shape index (κ3) is 2.62. The molecule has 4 nitrogen and oxygen atoms in total. The molecular formula is C14H20BrN3O.